The molecule has 0 saturated carbocycles. The molecule has 2 aromatic rings. The third-order valence-electron chi connectivity index (χ3n) is 2.54. The van der Waals surface area contributed by atoms with Crippen LogP contribution in [0, 0.1) is 0 Å². The predicted molar refractivity (Wildman–Crippen MR) is 77.8 cm³/mol. The van der Waals surface area contributed by atoms with Crippen molar-refractivity contribution in [1.82, 2.24) is 4.57 Å². The molecule has 0 saturated heterocycles. The molecule has 100 valence electrons. The van der Waals surface area contributed by atoms with Crippen molar-refractivity contribution in [1.29, 1.82) is 0 Å². The quantitative estimate of drug-likeness (QED) is 0.630. The average Bonchev–Trinajstić information content (AvgIpc) is 2.94. The predicted octanol–water partition coefficient (Wildman–Crippen LogP) is 3.87. The maximum Gasteiger partial charge on any atom is 0.255 e. The van der Waals surface area contributed by atoms with E-state index in [2.05, 4.69) is 0 Å². The first-order valence-corrected chi connectivity index (χ1v) is 7.23. The summed E-state index contributed by atoms with van der Waals surface area (Å²) in [6, 6.07) is 3.15. The van der Waals surface area contributed by atoms with Gasteiger partial charge in [-0.2, -0.15) is 11.3 Å². The Bertz CT molecular complexity index is 626. The van der Waals surface area contributed by atoms with E-state index < -0.39 is 9.58 Å². The first-order chi connectivity index (χ1) is 8.80. The summed E-state index contributed by atoms with van der Waals surface area (Å²) in [5, 5.41) is 3.55. The summed E-state index contributed by atoms with van der Waals surface area (Å²) in [5.41, 5.74) is 1.14. The van der Waals surface area contributed by atoms with Crippen LogP contribution in [0.3, 0.4) is 0 Å². The third kappa shape index (κ3) is 3.03. The number of carbonyl (C=O) groups excluding carboxylic acids is 2. The van der Waals surface area contributed by atoms with E-state index in [-0.39, 0.29) is 11.5 Å². The number of thiophene rings is 1. The van der Waals surface area contributed by atoms with Gasteiger partial charge in [0.25, 0.3) is 3.79 Å². The number of aromatic nitrogens is 1. The summed E-state index contributed by atoms with van der Waals surface area (Å²) in [5.74, 6) is -0.829. The highest BCUT2D eigenvalue weighted by molar-refractivity contribution is 7.08. The lowest BCUT2D eigenvalue weighted by atomic mass is 10.1. The number of carbonyl (C=O) groups is 2. The van der Waals surface area contributed by atoms with Crippen LogP contribution in [0.1, 0.15) is 26.4 Å². The first-order valence-electron chi connectivity index (χ1n) is 5.15. The van der Waals surface area contributed by atoms with Crippen LogP contribution in [0.25, 0.3) is 0 Å². The first kappa shape index (κ1) is 14.6. The molecular weight excluding hydrogens is 329 g/mol. The molecular formula is C12H8Cl3NO2S. The number of Topliss-reactive ketones (excluding diaryl/α,β-unsaturated/α-hetero) is 1. The van der Waals surface area contributed by atoms with Crippen LogP contribution in [0.5, 0.6) is 0 Å². The van der Waals surface area contributed by atoms with Crippen LogP contribution in [-0.2, 0) is 7.05 Å². The molecule has 2 heterocycles. The van der Waals surface area contributed by atoms with Crippen LogP contribution in [0.4, 0.5) is 0 Å². The molecule has 0 unspecified atom stereocenters. The average molecular weight is 337 g/mol. The highest BCUT2D eigenvalue weighted by Gasteiger charge is 2.34. The Morgan fingerprint density at radius 1 is 1.26 bits per heavy atom. The number of rotatable bonds is 3. The Morgan fingerprint density at radius 2 is 1.95 bits per heavy atom. The molecule has 19 heavy (non-hydrogen) atoms. The zero-order valence-corrected chi connectivity index (χ0v) is 12.8. The maximum atomic E-state index is 12.1. The second-order valence-corrected chi connectivity index (χ2v) is 6.95. The van der Waals surface area contributed by atoms with Crippen molar-refractivity contribution >= 4 is 57.7 Å². The highest BCUT2D eigenvalue weighted by atomic mass is 35.6. The monoisotopic (exact) mass is 335 g/mol. The number of ketones is 2. The van der Waals surface area contributed by atoms with Gasteiger partial charge in [0, 0.05) is 29.8 Å². The number of halogens is 3. The van der Waals surface area contributed by atoms with Gasteiger partial charge in [-0.15, -0.1) is 0 Å². The molecule has 3 nitrogen and oxygen atoms in total. The van der Waals surface area contributed by atoms with Gasteiger partial charge in [-0.3, -0.25) is 9.59 Å². The molecule has 2 rings (SSSR count). The molecule has 0 fully saturated rings. The third-order valence-corrected chi connectivity index (χ3v) is 3.74. The highest BCUT2D eigenvalue weighted by Crippen LogP contribution is 2.31. The zero-order chi connectivity index (χ0) is 14.2. The molecule has 0 radical (unpaired) electrons. The van der Waals surface area contributed by atoms with Crippen LogP contribution in [-0.4, -0.2) is 19.9 Å². The summed E-state index contributed by atoms with van der Waals surface area (Å²) in [4.78, 5) is 24.0. The number of aryl methyl sites for hydroxylation is 1. The minimum absolute atomic E-state index is 0.166. The lowest BCUT2D eigenvalue weighted by Crippen LogP contribution is -2.21. The van der Waals surface area contributed by atoms with E-state index in [1.54, 1.807) is 24.7 Å². The van der Waals surface area contributed by atoms with Gasteiger partial charge in [0.2, 0.25) is 5.78 Å². The van der Waals surface area contributed by atoms with Gasteiger partial charge < -0.3 is 4.57 Å². The van der Waals surface area contributed by atoms with E-state index in [1.807, 2.05) is 5.38 Å². The van der Waals surface area contributed by atoms with Crippen molar-refractivity contribution in [3.8, 4) is 0 Å². The lowest BCUT2D eigenvalue weighted by Gasteiger charge is -2.09. The minimum Gasteiger partial charge on any atom is -0.347 e. The van der Waals surface area contributed by atoms with Gasteiger partial charge in [-0.1, -0.05) is 34.8 Å². The number of nitrogens with zero attached hydrogens (tertiary/aromatic N) is 1. The topological polar surface area (TPSA) is 39.1 Å². The van der Waals surface area contributed by atoms with E-state index in [1.165, 1.54) is 22.0 Å². The normalized spacial score (nSPS) is 11.6. The Balaban J connectivity index is 2.37. The van der Waals surface area contributed by atoms with Crippen LogP contribution in [0.2, 0.25) is 0 Å². The summed E-state index contributed by atoms with van der Waals surface area (Å²) in [7, 11) is 1.62. The fourth-order valence-corrected chi connectivity index (χ4v) is 2.55. The van der Waals surface area contributed by atoms with Crippen LogP contribution in [0.15, 0.2) is 29.1 Å². The van der Waals surface area contributed by atoms with E-state index in [0.29, 0.717) is 11.1 Å². The van der Waals surface area contributed by atoms with Crippen molar-refractivity contribution in [3.05, 3.63) is 45.9 Å². The maximum absolute atomic E-state index is 12.1. The number of hydrogen-bond donors (Lipinski definition) is 0. The van der Waals surface area contributed by atoms with Gasteiger partial charge in [0.1, 0.15) is 0 Å². The minimum atomic E-state index is -2.03. The van der Waals surface area contributed by atoms with E-state index >= 15 is 0 Å². The van der Waals surface area contributed by atoms with Crippen molar-refractivity contribution in [3.63, 3.8) is 0 Å². The van der Waals surface area contributed by atoms with Crippen molar-refractivity contribution in [2.45, 2.75) is 3.79 Å². The van der Waals surface area contributed by atoms with Gasteiger partial charge in [0.05, 0.1) is 5.69 Å². The second-order valence-electron chi connectivity index (χ2n) is 3.89. The molecule has 2 aromatic heterocycles. The van der Waals surface area contributed by atoms with Crippen molar-refractivity contribution in [2.75, 3.05) is 0 Å². The van der Waals surface area contributed by atoms with Crippen LogP contribution >= 0.6 is 46.1 Å². The zero-order valence-electron chi connectivity index (χ0n) is 9.69. The molecule has 0 aromatic carbocycles. The molecule has 0 N–H and O–H groups in total. The Kier molecular flexibility index (Phi) is 4.06. The largest absolute Gasteiger partial charge is 0.347 e. The van der Waals surface area contributed by atoms with Crippen molar-refractivity contribution in [2.24, 2.45) is 7.05 Å². The summed E-state index contributed by atoms with van der Waals surface area (Å²) < 4.78 is -0.557. The van der Waals surface area contributed by atoms with E-state index in [9.17, 15) is 9.59 Å². The van der Waals surface area contributed by atoms with Crippen LogP contribution < -0.4 is 0 Å². The van der Waals surface area contributed by atoms with E-state index in [0.717, 1.165) is 0 Å². The Hall–Kier alpha value is -0.810. The lowest BCUT2D eigenvalue weighted by molar-refractivity contribution is 0.0988. The fourth-order valence-electron chi connectivity index (χ4n) is 1.62. The molecule has 7 heteroatoms. The van der Waals surface area contributed by atoms with Gasteiger partial charge >= 0.3 is 0 Å². The Morgan fingerprint density at radius 3 is 2.47 bits per heavy atom. The van der Waals surface area contributed by atoms with Crippen molar-refractivity contribution < 1.29 is 9.59 Å². The summed E-state index contributed by atoms with van der Waals surface area (Å²) in [6.07, 6.45) is 1.55. The molecule has 0 aliphatic heterocycles. The van der Waals surface area contributed by atoms with Gasteiger partial charge in [0.15, 0.2) is 5.78 Å². The number of alkyl halides is 3. The molecule has 0 spiro atoms. The number of hydrogen-bond acceptors (Lipinski definition) is 3. The van der Waals surface area contributed by atoms with Gasteiger partial charge in [-0.05, 0) is 17.5 Å². The fraction of sp³-hybridized carbons (Fsp3) is 0.167. The van der Waals surface area contributed by atoms with E-state index in [4.69, 9.17) is 34.8 Å². The van der Waals surface area contributed by atoms with Gasteiger partial charge in [-0.25, -0.2) is 0 Å². The SMILES string of the molecule is Cn1cc(C(=O)c2ccsc2)cc1C(=O)C(Cl)(Cl)Cl. The Labute approximate surface area is 128 Å². The summed E-state index contributed by atoms with van der Waals surface area (Å²) >= 11 is 18.1. The second kappa shape index (κ2) is 5.29. The molecule has 0 aliphatic carbocycles. The molecule has 0 bridgehead atoms. The summed E-state index contributed by atoms with van der Waals surface area (Å²) in [6.45, 7) is 0. The molecule has 0 aliphatic rings. The standard InChI is InChI=1S/C12H8Cl3NO2S/c1-16-5-8(10(17)7-2-3-19-6-7)4-9(16)11(18)12(13,14)15/h2-6H,1H3. The smallest absolute Gasteiger partial charge is 0.255 e. The molecule has 0 atom stereocenters. The molecule has 0 amide bonds.